The van der Waals surface area contributed by atoms with E-state index in [4.69, 9.17) is 0 Å². The van der Waals surface area contributed by atoms with Gasteiger partial charge in [0.1, 0.15) is 0 Å². The standard InChI is InChI=1S/4C6H7.2C3H6.2ClH.2Hf/c4*1-6-4-2-3-5-6;2*1-3-2;;;;/h4*2,4H,3H2,1H3;2*1-2H3;2*1H;;. The van der Waals surface area contributed by atoms with Crippen LogP contribution in [0.5, 0.6) is 0 Å². The molecule has 0 spiro atoms. The molecule has 0 atom stereocenters. The molecule has 0 bridgehead atoms. The van der Waals surface area contributed by atoms with Crippen LogP contribution >= 0.6 is 24.8 Å². The summed E-state index contributed by atoms with van der Waals surface area (Å²) in [5, 5.41) is 0. The average Bonchev–Trinajstić information content (AvgIpc) is 3.51. The predicted octanol–water partition coefficient (Wildman–Crippen LogP) is 9.41. The van der Waals surface area contributed by atoms with E-state index in [0.29, 0.717) is 0 Å². The number of halogens is 2. The maximum absolute atomic E-state index is 2.36. The average molecular weight is 831 g/mol. The summed E-state index contributed by atoms with van der Waals surface area (Å²) in [5.74, 6) is 0. The molecule has 0 aliphatic heterocycles. The monoisotopic (exact) mass is 832 g/mol. The smallest absolute Gasteiger partial charge is 0.147 e. The van der Waals surface area contributed by atoms with Crippen molar-refractivity contribution in [2.75, 3.05) is 0 Å². The molecule has 0 saturated heterocycles. The van der Waals surface area contributed by atoms with E-state index in [2.05, 4.69) is 104 Å². The molecule has 0 aromatic rings. The molecule has 0 saturated carbocycles. The molecule has 0 aromatic carbocycles. The van der Waals surface area contributed by atoms with Crippen molar-refractivity contribution < 1.29 is 41.9 Å². The number of rotatable bonds is 4. The summed E-state index contributed by atoms with van der Waals surface area (Å²) in [6.07, 6.45) is 23.6. The molecule has 4 rings (SSSR count). The molecule has 4 heteroatoms. The van der Waals surface area contributed by atoms with Gasteiger partial charge in [0.2, 0.25) is 0 Å². The molecule has 0 fully saturated rings. The van der Waals surface area contributed by atoms with Gasteiger partial charge in [-0.05, 0) is 0 Å². The van der Waals surface area contributed by atoms with Crippen molar-refractivity contribution in [2.24, 2.45) is 0 Å². The first-order valence-corrected chi connectivity index (χ1v) is 22.8. The van der Waals surface area contributed by atoms with Gasteiger partial charge in [0.05, 0.1) is 0 Å². The number of hydrogen-bond acceptors (Lipinski definition) is 0. The van der Waals surface area contributed by atoms with Crippen molar-refractivity contribution in [2.45, 2.75) is 81.1 Å². The fraction of sp³-hybridized carbons (Fsp3) is 0.400. The summed E-state index contributed by atoms with van der Waals surface area (Å²) >= 11 is -3.61. The third kappa shape index (κ3) is 7.50. The van der Waals surface area contributed by atoms with Gasteiger partial charge in [0, 0.05) is 0 Å². The summed E-state index contributed by atoms with van der Waals surface area (Å²) in [7, 11) is 0. The van der Waals surface area contributed by atoms with Crippen LogP contribution in [0.2, 0.25) is 0 Å². The first-order chi connectivity index (χ1) is 15.2. The molecule has 0 radical (unpaired) electrons. The summed E-state index contributed by atoms with van der Waals surface area (Å²) < 4.78 is 10.8. The van der Waals surface area contributed by atoms with Crippen molar-refractivity contribution in [3.8, 4) is 0 Å². The van der Waals surface area contributed by atoms with Gasteiger partial charge in [0.15, 0.2) is 0 Å². The molecule has 0 nitrogen and oxygen atoms in total. The van der Waals surface area contributed by atoms with Crippen molar-refractivity contribution in [3.63, 3.8) is 0 Å². The van der Waals surface area contributed by atoms with Crippen molar-refractivity contribution >= 4 is 31.3 Å². The Labute approximate surface area is 236 Å². The van der Waals surface area contributed by atoms with Crippen LogP contribution in [-0.4, -0.2) is 6.51 Å². The van der Waals surface area contributed by atoms with Gasteiger partial charge >= 0.3 is 214 Å². The summed E-state index contributed by atoms with van der Waals surface area (Å²) in [6.45, 7) is 18.6. The number of allylic oxidation sites excluding steroid dienone is 16. The maximum Gasteiger partial charge on any atom is -0.147 e. The van der Waals surface area contributed by atoms with Crippen LogP contribution in [0.15, 0.2) is 84.2 Å². The second-order valence-corrected chi connectivity index (χ2v) is 31.1. The zero-order valence-corrected chi connectivity index (χ0v) is 31.1. The SMILES string of the molecule is CC1=[C]([Hf]([C]2=C(C)C=CC2)=[C](C)C)CC=C1.CC1=[C]([Hf]([C]2=C(C)C=CC2)=[C](C)C)CC=C1.Cl.Cl. The molecular formula is C30H42Cl2Hf2. The van der Waals surface area contributed by atoms with Crippen molar-refractivity contribution in [1.82, 2.24) is 0 Å². The Morgan fingerprint density at radius 1 is 0.471 bits per heavy atom. The summed E-state index contributed by atoms with van der Waals surface area (Å²) in [5.41, 5.74) is 6.26. The fourth-order valence-corrected chi connectivity index (χ4v) is 28.0. The quantitative estimate of drug-likeness (QED) is 0.248. The predicted molar refractivity (Wildman–Crippen MR) is 153 cm³/mol. The Morgan fingerprint density at radius 3 is 0.794 bits per heavy atom. The third-order valence-corrected chi connectivity index (χ3v) is 31.3. The number of hydrogen-bond donors (Lipinski definition) is 0. The Bertz CT molecular complexity index is 952. The maximum atomic E-state index is 2.36. The van der Waals surface area contributed by atoms with Gasteiger partial charge in [-0.15, -0.1) is 24.8 Å². The fourth-order valence-electron chi connectivity index (χ4n) is 5.23. The van der Waals surface area contributed by atoms with Crippen LogP contribution in [0, 0.1) is 0 Å². The van der Waals surface area contributed by atoms with E-state index in [1.165, 1.54) is 25.7 Å². The van der Waals surface area contributed by atoms with Crippen LogP contribution in [-0.2, 0) is 41.9 Å². The van der Waals surface area contributed by atoms with Crippen LogP contribution in [0.4, 0.5) is 0 Å². The van der Waals surface area contributed by atoms with Gasteiger partial charge in [0.25, 0.3) is 0 Å². The zero-order valence-electron chi connectivity index (χ0n) is 22.3. The van der Waals surface area contributed by atoms with Gasteiger partial charge in [-0.25, -0.2) is 0 Å². The largest absolute Gasteiger partial charge is 0.147 e. The van der Waals surface area contributed by atoms with E-state index in [-0.39, 0.29) is 24.8 Å². The minimum atomic E-state index is -1.80. The molecule has 0 amide bonds. The van der Waals surface area contributed by atoms with E-state index < -0.39 is 41.9 Å². The van der Waals surface area contributed by atoms with Gasteiger partial charge in [-0.1, -0.05) is 0 Å². The summed E-state index contributed by atoms with van der Waals surface area (Å²) in [4.78, 5) is 0. The normalized spacial score (nSPS) is 17.9. The van der Waals surface area contributed by atoms with E-state index in [1.54, 1.807) is 28.8 Å². The van der Waals surface area contributed by atoms with Crippen LogP contribution in [0.3, 0.4) is 0 Å². The van der Waals surface area contributed by atoms with E-state index >= 15 is 0 Å². The molecule has 0 unspecified atom stereocenters. The molecule has 0 N–H and O–H groups in total. The first-order valence-electron chi connectivity index (χ1n) is 12.0. The first kappa shape index (κ1) is 32.0. The van der Waals surface area contributed by atoms with E-state index in [0.717, 1.165) is 0 Å². The second kappa shape index (κ2) is 14.7. The van der Waals surface area contributed by atoms with Crippen LogP contribution < -0.4 is 0 Å². The molecule has 0 heterocycles. The van der Waals surface area contributed by atoms with Crippen LogP contribution in [0.25, 0.3) is 0 Å². The van der Waals surface area contributed by atoms with E-state index in [1.807, 2.05) is 13.3 Å². The topological polar surface area (TPSA) is 0 Å². The molecule has 0 aromatic heterocycles. The molecular weight excluding hydrogens is 788 g/mol. The zero-order chi connectivity index (χ0) is 23.4. The third-order valence-electron chi connectivity index (χ3n) is 6.87. The Kier molecular flexibility index (Phi) is 13.8. The molecule has 184 valence electrons. The summed E-state index contributed by atoms with van der Waals surface area (Å²) in [6, 6.07) is 0. The van der Waals surface area contributed by atoms with Crippen LogP contribution in [0.1, 0.15) is 81.1 Å². The molecule has 4 aliphatic rings. The Hall–Kier alpha value is -0.0197. The minimum absolute atomic E-state index is 0. The van der Waals surface area contributed by atoms with Crippen molar-refractivity contribution in [1.29, 1.82) is 0 Å². The van der Waals surface area contributed by atoms with Crippen molar-refractivity contribution in [3.05, 3.63) is 84.2 Å². The molecule has 4 aliphatic carbocycles. The van der Waals surface area contributed by atoms with Gasteiger partial charge in [-0.2, -0.15) is 0 Å². The molecule has 34 heavy (non-hydrogen) atoms. The second-order valence-electron chi connectivity index (χ2n) is 9.82. The Morgan fingerprint density at radius 2 is 0.676 bits per heavy atom. The minimum Gasteiger partial charge on any atom is -0.147 e. The van der Waals surface area contributed by atoms with E-state index in [9.17, 15) is 0 Å². The van der Waals surface area contributed by atoms with Gasteiger partial charge in [-0.3, -0.25) is 0 Å². The van der Waals surface area contributed by atoms with Gasteiger partial charge < -0.3 is 0 Å². The Balaban J connectivity index is 0.000000321.